The van der Waals surface area contributed by atoms with Crippen molar-refractivity contribution in [1.29, 1.82) is 0 Å². The smallest absolute Gasteiger partial charge is 0.258 e. The Hall–Kier alpha value is -2.34. The molecule has 148 valence electrons. The molecule has 0 saturated heterocycles. The summed E-state index contributed by atoms with van der Waals surface area (Å²) in [6.07, 6.45) is 4.47. The highest BCUT2D eigenvalue weighted by molar-refractivity contribution is 6.30. The summed E-state index contributed by atoms with van der Waals surface area (Å²) >= 11 is 5.62. The van der Waals surface area contributed by atoms with Gasteiger partial charge in [0.05, 0.1) is 16.8 Å². The second kappa shape index (κ2) is 6.62. The number of carbonyl (C=O) groups excluding carboxylic acids is 2. The molecule has 1 heterocycles. The highest BCUT2D eigenvalue weighted by atomic mass is 35.5. The van der Waals surface area contributed by atoms with Gasteiger partial charge in [0.15, 0.2) is 12.4 Å². The first-order chi connectivity index (χ1) is 13.2. The maximum Gasteiger partial charge on any atom is 0.258 e. The predicted molar refractivity (Wildman–Crippen MR) is 101 cm³/mol. The van der Waals surface area contributed by atoms with Crippen molar-refractivity contribution in [2.45, 2.75) is 45.1 Å². The molecule has 1 aromatic heterocycles. The van der Waals surface area contributed by atoms with Crippen molar-refractivity contribution in [1.82, 2.24) is 5.32 Å². The van der Waals surface area contributed by atoms with Crippen LogP contribution in [0.1, 0.15) is 47.4 Å². The first-order valence-electron chi connectivity index (χ1n) is 9.18. The fraction of sp³-hybridized carbons (Fsp3) is 0.429. The number of amides is 1. The minimum atomic E-state index is -0.589. The lowest BCUT2D eigenvalue weighted by molar-refractivity contribution is -0.164. The van der Waals surface area contributed by atoms with Crippen LogP contribution in [-0.4, -0.2) is 23.8 Å². The Morgan fingerprint density at radius 2 is 2.00 bits per heavy atom. The van der Waals surface area contributed by atoms with Crippen LogP contribution in [0.3, 0.4) is 0 Å². The van der Waals surface area contributed by atoms with Crippen LogP contribution in [-0.2, 0) is 4.79 Å². The average molecular weight is 406 g/mol. The zero-order valence-electron chi connectivity index (χ0n) is 15.7. The van der Waals surface area contributed by atoms with Crippen molar-refractivity contribution in [2.75, 3.05) is 6.61 Å². The van der Waals surface area contributed by atoms with E-state index in [1.807, 2.05) is 6.92 Å². The first kappa shape index (κ1) is 19.0. The van der Waals surface area contributed by atoms with E-state index in [0.29, 0.717) is 17.7 Å². The van der Waals surface area contributed by atoms with Gasteiger partial charge in [0.2, 0.25) is 0 Å². The number of halogens is 2. The Morgan fingerprint density at radius 3 is 2.61 bits per heavy atom. The number of ketones is 1. The van der Waals surface area contributed by atoms with Crippen LogP contribution in [0.5, 0.6) is 5.75 Å². The number of carbonyl (C=O) groups is 2. The molecule has 0 unspecified atom stereocenters. The Morgan fingerprint density at radius 1 is 1.29 bits per heavy atom. The van der Waals surface area contributed by atoms with Crippen molar-refractivity contribution in [3.8, 4) is 5.75 Å². The summed E-state index contributed by atoms with van der Waals surface area (Å²) in [6.45, 7) is 3.48. The highest BCUT2D eigenvalue weighted by Crippen LogP contribution is 2.69. The van der Waals surface area contributed by atoms with E-state index in [4.69, 9.17) is 20.8 Å². The average Bonchev–Trinajstić information content (AvgIpc) is 2.91. The minimum absolute atomic E-state index is 0.00585. The van der Waals surface area contributed by atoms with Crippen molar-refractivity contribution in [3.63, 3.8) is 0 Å². The van der Waals surface area contributed by atoms with Gasteiger partial charge in [-0.25, -0.2) is 4.39 Å². The van der Waals surface area contributed by atoms with E-state index in [1.165, 1.54) is 12.1 Å². The van der Waals surface area contributed by atoms with E-state index in [1.54, 1.807) is 13.2 Å². The number of ether oxygens (including phenoxy) is 1. The fourth-order valence-electron chi connectivity index (χ4n) is 4.78. The maximum absolute atomic E-state index is 13.4. The highest BCUT2D eigenvalue weighted by Gasteiger charge is 2.68. The summed E-state index contributed by atoms with van der Waals surface area (Å²) in [5, 5.41) is 3.00. The lowest BCUT2D eigenvalue weighted by Gasteiger charge is -2.70. The summed E-state index contributed by atoms with van der Waals surface area (Å²) in [4.78, 5) is 24.8. The SMILES string of the molecule is Cc1coc(C)c1C(=O)CC12CC(NC(=O)COc3ccc(Cl)c(F)c3)(C1)C2. The third-order valence-corrected chi connectivity index (χ3v) is 6.09. The normalized spacial score (nSPS) is 24.9. The molecule has 7 heteroatoms. The molecule has 0 atom stereocenters. The molecule has 0 radical (unpaired) electrons. The van der Waals surface area contributed by atoms with Gasteiger partial charge in [0.25, 0.3) is 5.91 Å². The van der Waals surface area contributed by atoms with Gasteiger partial charge in [0, 0.05) is 18.0 Å². The molecule has 5 rings (SSSR count). The molecular formula is C21H21ClFNO4. The van der Waals surface area contributed by atoms with Gasteiger partial charge in [0.1, 0.15) is 17.3 Å². The topological polar surface area (TPSA) is 68.5 Å². The van der Waals surface area contributed by atoms with Crippen LogP contribution in [0.15, 0.2) is 28.9 Å². The van der Waals surface area contributed by atoms with Crippen LogP contribution in [0, 0.1) is 25.1 Å². The summed E-state index contributed by atoms with van der Waals surface area (Å²) in [6, 6.07) is 4.05. The van der Waals surface area contributed by atoms with Gasteiger partial charge < -0.3 is 14.5 Å². The molecule has 2 bridgehead atoms. The Balaban J connectivity index is 1.26. The second-order valence-corrected chi connectivity index (χ2v) is 8.58. The van der Waals surface area contributed by atoms with Gasteiger partial charge in [-0.15, -0.1) is 0 Å². The van der Waals surface area contributed by atoms with Crippen molar-refractivity contribution < 1.29 is 23.1 Å². The molecule has 1 aromatic carbocycles. The zero-order valence-corrected chi connectivity index (χ0v) is 16.5. The summed E-state index contributed by atoms with van der Waals surface area (Å²) < 4.78 is 24.0. The van der Waals surface area contributed by atoms with Crippen LogP contribution in [0.2, 0.25) is 5.02 Å². The number of nitrogens with one attached hydrogen (secondary N) is 1. The summed E-state index contributed by atoms with van der Waals surface area (Å²) in [5.41, 5.74) is 1.31. The van der Waals surface area contributed by atoms with E-state index in [-0.39, 0.29) is 40.0 Å². The molecule has 3 aliphatic carbocycles. The molecule has 1 amide bonds. The molecule has 0 spiro atoms. The van der Waals surface area contributed by atoms with Crippen LogP contribution >= 0.6 is 11.6 Å². The van der Waals surface area contributed by atoms with Crippen molar-refractivity contribution >= 4 is 23.3 Å². The molecule has 28 heavy (non-hydrogen) atoms. The van der Waals surface area contributed by atoms with E-state index in [0.717, 1.165) is 30.9 Å². The molecule has 5 nitrogen and oxygen atoms in total. The summed E-state index contributed by atoms with van der Waals surface area (Å²) in [7, 11) is 0. The number of benzene rings is 1. The van der Waals surface area contributed by atoms with Crippen LogP contribution < -0.4 is 10.1 Å². The van der Waals surface area contributed by atoms with Gasteiger partial charge in [-0.1, -0.05) is 11.6 Å². The van der Waals surface area contributed by atoms with Gasteiger partial charge >= 0.3 is 0 Å². The van der Waals surface area contributed by atoms with Crippen molar-refractivity contribution in [3.05, 3.63) is 52.2 Å². The quantitative estimate of drug-likeness (QED) is 0.694. The standard InChI is InChI=1S/C21H21ClFNO4/c1-12-7-27-13(2)19(12)17(25)6-20-9-21(10-20,11-20)24-18(26)8-28-14-3-4-15(22)16(23)5-14/h3-5,7H,6,8-11H2,1-2H3,(H,24,26). The van der Waals surface area contributed by atoms with Crippen molar-refractivity contribution in [2.24, 2.45) is 5.41 Å². The monoisotopic (exact) mass is 405 g/mol. The first-order valence-corrected chi connectivity index (χ1v) is 9.56. The molecule has 3 aliphatic rings. The van der Waals surface area contributed by atoms with E-state index in [2.05, 4.69) is 5.32 Å². The van der Waals surface area contributed by atoms with E-state index >= 15 is 0 Å². The summed E-state index contributed by atoms with van der Waals surface area (Å²) in [5.74, 6) is 0.178. The van der Waals surface area contributed by atoms with Gasteiger partial charge in [-0.05, 0) is 56.2 Å². The number of Topliss-reactive ketones (excluding diaryl/α,β-unsaturated/α-hetero) is 1. The number of furan rings is 1. The van der Waals surface area contributed by atoms with E-state index in [9.17, 15) is 14.0 Å². The minimum Gasteiger partial charge on any atom is -0.484 e. The molecule has 0 aliphatic heterocycles. The van der Waals surface area contributed by atoms with Crippen LogP contribution in [0.4, 0.5) is 4.39 Å². The van der Waals surface area contributed by atoms with Crippen LogP contribution in [0.25, 0.3) is 0 Å². The number of aryl methyl sites for hydroxylation is 2. The number of hydrogen-bond donors (Lipinski definition) is 1. The molecular weight excluding hydrogens is 385 g/mol. The second-order valence-electron chi connectivity index (χ2n) is 8.17. The van der Waals surface area contributed by atoms with Gasteiger partial charge in [-0.3, -0.25) is 9.59 Å². The molecule has 1 N–H and O–H groups in total. The third kappa shape index (κ3) is 3.30. The largest absolute Gasteiger partial charge is 0.484 e. The van der Waals surface area contributed by atoms with Gasteiger partial charge in [-0.2, -0.15) is 0 Å². The molecule has 3 fully saturated rings. The Kier molecular flexibility index (Phi) is 4.49. The number of hydrogen-bond acceptors (Lipinski definition) is 4. The number of rotatable bonds is 7. The maximum atomic E-state index is 13.4. The molecule has 3 saturated carbocycles. The van der Waals surface area contributed by atoms with E-state index < -0.39 is 5.82 Å². The fourth-order valence-corrected chi connectivity index (χ4v) is 4.90. The third-order valence-electron chi connectivity index (χ3n) is 5.78. The lowest BCUT2D eigenvalue weighted by Crippen LogP contribution is -2.75. The Bertz CT molecular complexity index is 928. The Labute approximate surface area is 167 Å². The predicted octanol–water partition coefficient (Wildman–Crippen LogP) is 4.38. The lowest BCUT2D eigenvalue weighted by atomic mass is 9.38. The molecule has 2 aromatic rings. The zero-order chi connectivity index (χ0) is 20.1.